The van der Waals surface area contributed by atoms with E-state index in [2.05, 4.69) is 0 Å². The van der Waals surface area contributed by atoms with E-state index in [1.165, 1.54) is 25.3 Å². The Morgan fingerprint density at radius 1 is 1.36 bits per heavy atom. The fraction of sp³-hybridized carbons (Fsp3) is 0.214. The minimum atomic E-state index is -0.796. The number of barbiturate groups is 1. The molecule has 4 amide bonds. The third-order valence-corrected chi connectivity index (χ3v) is 3.25. The Bertz CT molecular complexity index is 699. The normalized spacial score (nSPS) is 17.0. The molecule has 1 saturated heterocycles. The first kappa shape index (κ1) is 15.8. The molecule has 0 unspecified atom stereocenters. The molecule has 1 aromatic carbocycles. The number of imide groups is 2. The molecule has 1 aromatic rings. The van der Waals surface area contributed by atoms with Gasteiger partial charge in [0.1, 0.15) is 5.57 Å². The summed E-state index contributed by atoms with van der Waals surface area (Å²) in [6.45, 7) is 2.04. The maximum atomic E-state index is 12.0. The highest BCUT2D eigenvalue weighted by Gasteiger charge is 2.33. The van der Waals surface area contributed by atoms with Crippen LogP contribution in [0.25, 0.3) is 6.08 Å². The lowest BCUT2D eigenvalue weighted by Gasteiger charge is -2.22. The van der Waals surface area contributed by atoms with Crippen LogP contribution in [0.1, 0.15) is 12.5 Å². The molecule has 1 fully saturated rings. The van der Waals surface area contributed by atoms with Crippen LogP contribution in [-0.2, 0) is 9.59 Å². The average molecular weight is 325 g/mol. The molecule has 1 aliphatic heterocycles. The maximum Gasteiger partial charge on any atom is 0.331 e. The van der Waals surface area contributed by atoms with E-state index in [1.807, 2.05) is 5.32 Å². The predicted molar refractivity (Wildman–Crippen MR) is 78.6 cm³/mol. The van der Waals surface area contributed by atoms with E-state index < -0.39 is 17.8 Å². The van der Waals surface area contributed by atoms with E-state index in [0.29, 0.717) is 12.2 Å². The molecule has 2 N–H and O–H groups in total. The zero-order valence-electron chi connectivity index (χ0n) is 11.8. The molecule has 2 rings (SSSR count). The Morgan fingerprint density at radius 2 is 2.05 bits per heavy atom. The van der Waals surface area contributed by atoms with Crippen molar-refractivity contribution in [3.8, 4) is 11.5 Å². The second kappa shape index (κ2) is 6.07. The van der Waals surface area contributed by atoms with E-state index in [0.717, 1.165) is 4.90 Å². The second-order valence-electron chi connectivity index (χ2n) is 4.46. The summed E-state index contributed by atoms with van der Waals surface area (Å²) in [7, 11) is 1.26. The number of likely N-dealkylation sites (N-methyl/N-ethyl adjacent to an activating group) is 1. The fourth-order valence-electron chi connectivity index (χ4n) is 1.85. The second-order valence-corrected chi connectivity index (χ2v) is 4.87. The van der Waals surface area contributed by atoms with Crippen LogP contribution in [0, 0.1) is 0 Å². The summed E-state index contributed by atoms with van der Waals surface area (Å²) in [5.74, 6) is -1.61. The molecule has 0 spiro atoms. The number of rotatable bonds is 3. The highest BCUT2D eigenvalue weighted by atomic mass is 35.5. The summed E-state index contributed by atoms with van der Waals surface area (Å²) in [6, 6.07) is 2.03. The molecule has 0 saturated carbocycles. The Hall–Kier alpha value is -2.54. The van der Waals surface area contributed by atoms with Crippen molar-refractivity contribution in [3.63, 3.8) is 0 Å². The van der Waals surface area contributed by atoms with Gasteiger partial charge >= 0.3 is 6.03 Å². The molecular formula is C14H13ClN2O5. The number of nitrogens with one attached hydrogen (secondary N) is 1. The van der Waals surface area contributed by atoms with Crippen LogP contribution >= 0.6 is 11.6 Å². The van der Waals surface area contributed by atoms with E-state index in [9.17, 15) is 19.5 Å². The number of ether oxygens (including phenoxy) is 1. The number of benzene rings is 1. The summed E-state index contributed by atoms with van der Waals surface area (Å²) in [4.78, 5) is 35.9. The van der Waals surface area contributed by atoms with Crippen molar-refractivity contribution in [1.82, 2.24) is 10.2 Å². The number of carbonyl (C=O) groups excluding carboxylic acids is 3. The fourth-order valence-corrected chi connectivity index (χ4v) is 2.07. The Labute approximate surface area is 131 Å². The lowest BCUT2D eigenvalue weighted by Crippen LogP contribution is -2.52. The summed E-state index contributed by atoms with van der Waals surface area (Å²) in [5.41, 5.74) is 0.166. The maximum absolute atomic E-state index is 12.0. The molecule has 0 radical (unpaired) electrons. The van der Waals surface area contributed by atoms with Crippen LogP contribution in [0.2, 0.25) is 5.02 Å². The minimum absolute atomic E-state index is 0.0193. The van der Waals surface area contributed by atoms with Gasteiger partial charge in [0.15, 0.2) is 11.5 Å². The summed E-state index contributed by atoms with van der Waals surface area (Å²) < 4.78 is 5.23. The lowest BCUT2D eigenvalue weighted by molar-refractivity contribution is -0.129. The van der Waals surface area contributed by atoms with Crippen molar-refractivity contribution in [2.24, 2.45) is 0 Å². The number of amides is 4. The van der Waals surface area contributed by atoms with E-state index in [4.69, 9.17) is 16.3 Å². The minimum Gasteiger partial charge on any atom is -0.503 e. The first-order chi connectivity index (χ1) is 10.3. The van der Waals surface area contributed by atoms with Crippen LogP contribution < -0.4 is 10.1 Å². The van der Waals surface area contributed by atoms with E-state index in [1.54, 1.807) is 6.92 Å². The quantitative estimate of drug-likeness (QED) is 0.649. The van der Waals surface area contributed by atoms with Crippen molar-refractivity contribution in [1.29, 1.82) is 0 Å². The number of aromatic hydroxyl groups is 1. The molecule has 7 nitrogen and oxygen atoms in total. The number of hydrogen-bond acceptors (Lipinski definition) is 5. The van der Waals surface area contributed by atoms with Gasteiger partial charge in [-0.3, -0.25) is 19.8 Å². The zero-order chi connectivity index (χ0) is 16.4. The Kier molecular flexibility index (Phi) is 4.37. The van der Waals surface area contributed by atoms with Crippen molar-refractivity contribution in [3.05, 3.63) is 28.3 Å². The van der Waals surface area contributed by atoms with Gasteiger partial charge < -0.3 is 9.84 Å². The van der Waals surface area contributed by atoms with Crippen LogP contribution in [-0.4, -0.2) is 41.5 Å². The molecule has 22 heavy (non-hydrogen) atoms. The third-order valence-electron chi connectivity index (χ3n) is 2.97. The number of halogens is 1. The van der Waals surface area contributed by atoms with Gasteiger partial charge in [-0.2, -0.15) is 0 Å². The van der Waals surface area contributed by atoms with E-state index in [-0.39, 0.29) is 22.1 Å². The van der Waals surface area contributed by atoms with Crippen molar-refractivity contribution >= 4 is 35.5 Å². The van der Waals surface area contributed by atoms with Crippen molar-refractivity contribution < 1.29 is 24.2 Å². The molecule has 0 bridgehead atoms. The predicted octanol–water partition coefficient (Wildman–Crippen LogP) is 1.54. The van der Waals surface area contributed by atoms with Gasteiger partial charge in [-0.25, -0.2) is 4.79 Å². The highest BCUT2D eigenvalue weighted by molar-refractivity contribution is 6.33. The zero-order valence-corrected chi connectivity index (χ0v) is 12.6. The number of nitrogens with zero attached hydrogens (tertiary/aromatic N) is 1. The molecule has 0 aliphatic carbocycles. The largest absolute Gasteiger partial charge is 0.503 e. The van der Waals surface area contributed by atoms with Gasteiger partial charge in [0, 0.05) is 7.05 Å². The van der Waals surface area contributed by atoms with Crippen LogP contribution in [0.4, 0.5) is 4.79 Å². The first-order valence-corrected chi connectivity index (χ1v) is 6.73. The number of phenolic OH excluding ortho intramolecular Hbond substituents is 1. The average Bonchev–Trinajstić information content (AvgIpc) is 2.46. The smallest absolute Gasteiger partial charge is 0.331 e. The van der Waals surface area contributed by atoms with Gasteiger partial charge in [-0.15, -0.1) is 0 Å². The van der Waals surface area contributed by atoms with E-state index >= 15 is 0 Å². The number of urea groups is 1. The number of phenols is 1. The molecule has 1 aliphatic rings. The van der Waals surface area contributed by atoms with Gasteiger partial charge in [0.2, 0.25) is 0 Å². The topological polar surface area (TPSA) is 95.9 Å². The van der Waals surface area contributed by atoms with Crippen LogP contribution in [0.15, 0.2) is 17.7 Å². The van der Waals surface area contributed by atoms with Gasteiger partial charge in [-0.05, 0) is 30.7 Å². The monoisotopic (exact) mass is 324 g/mol. The Morgan fingerprint density at radius 3 is 2.68 bits per heavy atom. The van der Waals surface area contributed by atoms with Gasteiger partial charge in [0.25, 0.3) is 11.8 Å². The number of carbonyl (C=O) groups is 3. The highest BCUT2D eigenvalue weighted by Crippen LogP contribution is 2.36. The summed E-state index contributed by atoms with van der Waals surface area (Å²) in [6.07, 6.45) is 1.27. The molecule has 116 valence electrons. The first-order valence-electron chi connectivity index (χ1n) is 6.35. The molecule has 0 aromatic heterocycles. The SMILES string of the molecule is CCOc1cc(C=C2C(=O)NC(=O)N(C)C2=O)cc(Cl)c1O. The van der Waals surface area contributed by atoms with Crippen LogP contribution in [0.3, 0.4) is 0 Å². The third kappa shape index (κ3) is 2.89. The molecular weight excluding hydrogens is 312 g/mol. The Balaban J connectivity index is 2.46. The van der Waals surface area contributed by atoms with Gasteiger partial charge in [0.05, 0.1) is 11.6 Å². The molecule has 0 atom stereocenters. The van der Waals surface area contributed by atoms with Crippen molar-refractivity contribution in [2.75, 3.05) is 13.7 Å². The number of hydrogen-bond donors (Lipinski definition) is 2. The van der Waals surface area contributed by atoms with Crippen molar-refractivity contribution in [2.45, 2.75) is 6.92 Å². The lowest BCUT2D eigenvalue weighted by atomic mass is 10.1. The standard InChI is InChI=1S/C14H13ClN2O5/c1-3-22-10-6-7(5-9(15)11(10)18)4-8-12(19)16-14(21)17(2)13(8)20/h4-6,18H,3H2,1-2H3,(H,16,19,21). The summed E-state index contributed by atoms with van der Waals surface area (Å²) in [5, 5.41) is 11.8. The van der Waals surface area contributed by atoms with Gasteiger partial charge in [-0.1, -0.05) is 11.6 Å². The summed E-state index contributed by atoms with van der Waals surface area (Å²) >= 11 is 5.89. The molecule has 8 heteroatoms. The molecule has 1 heterocycles. The van der Waals surface area contributed by atoms with Crippen LogP contribution in [0.5, 0.6) is 11.5 Å².